The van der Waals surface area contributed by atoms with Crippen molar-refractivity contribution < 1.29 is 13.2 Å². The summed E-state index contributed by atoms with van der Waals surface area (Å²) in [7, 11) is -3.27. The van der Waals surface area contributed by atoms with Crippen LogP contribution in [0.2, 0.25) is 0 Å². The summed E-state index contributed by atoms with van der Waals surface area (Å²) in [6.45, 7) is 3.52. The molecule has 1 atom stereocenters. The van der Waals surface area contributed by atoms with Crippen molar-refractivity contribution >= 4 is 15.7 Å². The van der Waals surface area contributed by atoms with Crippen LogP contribution in [0.1, 0.15) is 20.3 Å². The number of nitrogens with one attached hydrogen (secondary N) is 1. The highest BCUT2D eigenvalue weighted by Gasteiger charge is 2.21. The predicted molar refractivity (Wildman–Crippen MR) is 92.0 cm³/mol. The second-order valence-corrected chi connectivity index (χ2v) is 7.83. The Hall–Kier alpha value is -2.73. The molecule has 0 spiro atoms. The average molecular weight is 361 g/mol. The Bertz CT molecular complexity index is 912. The molecule has 1 aromatic heterocycles. The van der Waals surface area contributed by atoms with Gasteiger partial charge in [-0.1, -0.05) is 12.8 Å². The van der Waals surface area contributed by atoms with Crippen molar-refractivity contribution in [3.05, 3.63) is 24.3 Å². The fourth-order valence-electron chi connectivity index (χ4n) is 1.98. The monoisotopic (exact) mass is 361 g/mol. The summed E-state index contributed by atoms with van der Waals surface area (Å²) in [4.78, 5) is 13.4. The lowest BCUT2D eigenvalue weighted by Crippen LogP contribution is -2.45. The van der Waals surface area contributed by atoms with Crippen molar-refractivity contribution in [2.45, 2.75) is 37.2 Å². The third kappa shape index (κ3) is 4.64. The maximum Gasteiger partial charge on any atom is 0.244 e. The molecule has 1 amide bonds. The first-order valence-corrected chi connectivity index (χ1v) is 9.43. The number of nitrogens with zero attached hydrogens (tertiary/aromatic N) is 4. The van der Waals surface area contributed by atoms with E-state index in [1.54, 1.807) is 19.1 Å². The molecule has 0 unspecified atom stereocenters. The third-order valence-electron chi connectivity index (χ3n) is 3.72. The second kappa shape index (κ2) is 7.03. The van der Waals surface area contributed by atoms with Gasteiger partial charge in [-0.3, -0.25) is 4.79 Å². The summed E-state index contributed by atoms with van der Waals surface area (Å²) >= 11 is 0. The molecule has 0 aliphatic carbocycles. The van der Waals surface area contributed by atoms with Crippen molar-refractivity contribution in [2.75, 3.05) is 6.26 Å². The van der Waals surface area contributed by atoms with Crippen LogP contribution in [-0.2, 0) is 21.2 Å². The van der Waals surface area contributed by atoms with E-state index in [9.17, 15) is 13.2 Å². The zero-order chi connectivity index (χ0) is 18.7. The average Bonchev–Trinajstić information content (AvgIpc) is 3.02. The number of carbonyl (C=O) groups is 1. The van der Waals surface area contributed by atoms with Gasteiger partial charge in [0.2, 0.25) is 11.7 Å². The number of hydrogen-bond acceptors (Lipinski definition) is 6. The minimum Gasteiger partial charge on any atom is -0.338 e. The van der Waals surface area contributed by atoms with E-state index in [0.29, 0.717) is 17.8 Å². The molecule has 8 nitrogen and oxygen atoms in total. The lowest BCUT2D eigenvalue weighted by molar-refractivity contribution is -0.123. The largest absolute Gasteiger partial charge is 0.338 e. The van der Waals surface area contributed by atoms with Crippen molar-refractivity contribution in [1.82, 2.24) is 25.5 Å². The zero-order valence-corrected chi connectivity index (χ0v) is 15.0. The van der Waals surface area contributed by atoms with E-state index in [2.05, 4.69) is 26.6 Å². The van der Waals surface area contributed by atoms with Gasteiger partial charge < -0.3 is 5.32 Å². The Labute approximate surface area is 146 Å². The van der Waals surface area contributed by atoms with E-state index >= 15 is 0 Å². The molecule has 2 rings (SSSR count). The van der Waals surface area contributed by atoms with Gasteiger partial charge in [-0.25, -0.2) is 8.42 Å². The molecule has 0 saturated carbocycles. The number of benzene rings is 1. The molecule has 132 valence electrons. The van der Waals surface area contributed by atoms with Crippen molar-refractivity contribution in [1.29, 1.82) is 0 Å². The Kier molecular flexibility index (Phi) is 5.23. The molecule has 1 aromatic carbocycles. The highest BCUT2D eigenvalue weighted by molar-refractivity contribution is 7.90. The zero-order valence-electron chi connectivity index (χ0n) is 14.2. The Morgan fingerprint density at radius 1 is 1.36 bits per heavy atom. The molecule has 25 heavy (non-hydrogen) atoms. The standard InChI is InChI=1S/C16H19N5O3S/c1-5-16(3,6-2)17-14(22)11-21-19-15(18-20-21)12-7-9-13(10-8-12)25(4,23)24/h1,7-10H,6,11H2,2-4H3,(H,17,22)/t16-/m1/s1. The molecule has 9 heteroatoms. The maximum atomic E-state index is 12.0. The minimum absolute atomic E-state index is 0.119. The van der Waals surface area contributed by atoms with E-state index in [0.717, 1.165) is 11.1 Å². The Morgan fingerprint density at radius 2 is 2.00 bits per heavy atom. The summed E-state index contributed by atoms with van der Waals surface area (Å²) in [5, 5.41) is 14.6. The van der Waals surface area contributed by atoms with Gasteiger partial charge in [0.15, 0.2) is 9.84 Å². The van der Waals surface area contributed by atoms with Gasteiger partial charge in [0.25, 0.3) is 0 Å². The number of amides is 1. The van der Waals surface area contributed by atoms with Crippen LogP contribution in [0.25, 0.3) is 11.4 Å². The van der Waals surface area contributed by atoms with Gasteiger partial charge in [-0.2, -0.15) is 4.80 Å². The van der Waals surface area contributed by atoms with Crippen LogP contribution >= 0.6 is 0 Å². The maximum absolute atomic E-state index is 12.0. The van der Waals surface area contributed by atoms with Crippen LogP contribution in [0.3, 0.4) is 0 Å². The van der Waals surface area contributed by atoms with Crippen LogP contribution < -0.4 is 5.32 Å². The molecule has 0 bridgehead atoms. The number of carbonyl (C=O) groups excluding carboxylic acids is 1. The van der Waals surface area contributed by atoms with Crippen LogP contribution in [0.15, 0.2) is 29.2 Å². The molecular weight excluding hydrogens is 342 g/mol. The van der Waals surface area contributed by atoms with E-state index in [4.69, 9.17) is 6.42 Å². The highest BCUT2D eigenvalue weighted by atomic mass is 32.2. The summed E-state index contributed by atoms with van der Waals surface area (Å²) in [6.07, 6.45) is 7.15. The molecule has 0 fully saturated rings. The fraction of sp³-hybridized carbons (Fsp3) is 0.375. The number of aromatic nitrogens is 4. The SMILES string of the molecule is C#C[C@](C)(CC)NC(=O)Cn1nnc(-c2ccc(S(C)(=O)=O)cc2)n1. The van der Waals surface area contributed by atoms with Gasteiger partial charge >= 0.3 is 0 Å². The first kappa shape index (κ1) is 18.6. The molecule has 0 radical (unpaired) electrons. The fourth-order valence-corrected chi connectivity index (χ4v) is 2.61. The van der Waals surface area contributed by atoms with Crippen LogP contribution in [0.5, 0.6) is 0 Å². The Balaban J connectivity index is 2.10. The molecule has 1 heterocycles. The number of terminal acetylenes is 1. The number of sulfone groups is 1. The predicted octanol–water partition coefficient (Wildman–Crippen LogP) is 0.662. The van der Waals surface area contributed by atoms with Gasteiger partial charge in [0, 0.05) is 11.8 Å². The van der Waals surface area contributed by atoms with E-state index in [-0.39, 0.29) is 17.3 Å². The second-order valence-electron chi connectivity index (χ2n) is 5.82. The smallest absolute Gasteiger partial charge is 0.244 e. The van der Waals surface area contributed by atoms with Crippen molar-refractivity contribution in [2.24, 2.45) is 0 Å². The van der Waals surface area contributed by atoms with Crippen LogP contribution in [-0.4, -0.2) is 46.3 Å². The summed E-state index contributed by atoms with van der Waals surface area (Å²) in [5.74, 6) is 2.52. The normalized spacial score (nSPS) is 13.7. The van der Waals surface area contributed by atoms with Crippen molar-refractivity contribution in [3.8, 4) is 23.7 Å². The first-order valence-electron chi connectivity index (χ1n) is 7.54. The number of rotatable bonds is 6. The lowest BCUT2D eigenvalue weighted by Gasteiger charge is -2.22. The Morgan fingerprint density at radius 3 is 2.52 bits per heavy atom. The number of tetrazole rings is 1. The quantitative estimate of drug-likeness (QED) is 0.758. The summed E-state index contributed by atoms with van der Waals surface area (Å²) in [5.41, 5.74) is -0.122. The number of hydrogen-bond donors (Lipinski definition) is 1. The summed E-state index contributed by atoms with van der Waals surface area (Å²) in [6, 6.07) is 6.12. The molecule has 0 aliphatic rings. The van der Waals surface area contributed by atoms with Gasteiger partial charge in [-0.15, -0.1) is 16.6 Å². The lowest BCUT2D eigenvalue weighted by atomic mass is 10.0. The summed E-state index contributed by atoms with van der Waals surface area (Å²) < 4.78 is 22.9. The molecular formula is C16H19N5O3S. The molecule has 2 aromatic rings. The van der Waals surface area contributed by atoms with Crippen molar-refractivity contribution in [3.63, 3.8) is 0 Å². The van der Waals surface area contributed by atoms with E-state index in [1.165, 1.54) is 12.1 Å². The molecule has 0 saturated heterocycles. The first-order chi connectivity index (χ1) is 11.7. The molecule has 0 aliphatic heterocycles. The topological polar surface area (TPSA) is 107 Å². The van der Waals surface area contributed by atoms with Crippen LogP contribution in [0.4, 0.5) is 0 Å². The van der Waals surface area contributed by atoms with Gasteiger partial charge in [0.05, 0.1) is 10.4 Å². The molecule has 1 N–H and O–H groups in total. The van der Waals surface area contributed by atoms with E-state index in [1.807, 2.05) is 6.92 Å². The third-order valence-corrected chi connectivity index (χ3v) is 4.85. The van der Waals surface area contributed by atoms with Gasteiger partial charge in [-0.05, 0) is 42.8 Å². The highest BCUT2D eigenvalue weighted by Crippen LogP contribution is 2.17. The minimum atomic E-state index is -3.27. The van der Waals surface area contributed by atoms with E-state index < -0.39 is 15.4 Å². The van der Waals surface area contributed by atoms with Crippen LogP contribution in [0, 0.1) is 12.3 Å². The van der Waals surface area contributed by atoms with Gasteiger partial charge in [0.1, 0.15) is 6.54 Å².